The van der Waals surface area contributed by atoms with Crippen molar-refractivity contribution in [2.24, 2.45) is 0 Å². The van der Waals surface area contributed by atoms with Crippen molar-refractivity contribution >= 4 is 11.6 Å². The molecule has 21 heavy (non-hydrogen) atoms. The average molecular weight is 301 g/mol. The number of anilines is 1. The Kier molecular flexibility index (Phi) is 4.84. The van der Waals surface area contributed by atoms with E-state index >= 15 is 0 Å². The highest BCUT2D eigenvalue weighted by Gasteiger charge is 2.30. The third-order valence-corrected chi connectivity index (χ3v) is 3.48. The number of nitrogens with zero attached hydrogens (tertiary/aromatic N) is 1. The van der Waals surface area contributed by atoms with Crippen LogP contribution in [-0.4, -0.2) is 43.0 Å². The number of hydrogen-bond acceptors (Lipinski definition) is 3. The molecule has 1 aromatic carbocycles. The van der Waals surface area contributed by atoms with E-state index < -0.39 is 11.7 Å². The van der Waals surface area contributed by atoms with Crippen LogP contribution in [0, 0.1) is 0 Å². The second kappa shape index (κ2) is 6.44. The van der Waals surface area contributed by atoms with Gasteiger partial charge >= 0.3 is 6.18 Å². The van der Waals surface area contributed by atoms with Crippen LogP contribution in [0.5, 0.6) is 0 Å². The van der Waals surface area contributed by atoms with Gasteiger partial charge in [0.15, 0.2) is 0 Å². The minimum absolute atomic E-state index is 0.219. The van der Waals surface area contributed by atoms with Gasteiger partial charge in [0.2, 0.25) is 5.91 Å². The van der Waals surface area contributed by atoms with Gasteiger partial charge < -0.3 is 10.6 Å². The Morgan fingerprint density at radius 1 is 1.38 bits per heavy atom. The molecule has 1 aliphatic rings. The smallest absolute Gasteiger partial charge is 0.325 e. The molecule has 2 rings (SSSR count). The summed E-state index contributed by atoms with van der Waals surface area (Å²) >= 11 is 0. The first kappa shape index (κ1) is 15.8. The van der Waals surface area contributed by atoms with E-state index in [-0.39, 0.29) is 18.5 Å². The van der Waals surface area contributed by atoms with Crippen LogP contribution < -0.4 is 10.6 Å². The lowest BCUT2D eigenvalue weighted by Gasteiger charge is -2.33. The molecule has 0 aromatic heterocycles. The molecule has 116 valence electrons. The van der Waals surface area contributed by atoms with Crippen molar-refractivity contribution in [3.8, 4) is 0 Å². The van der Waals surface area contributed by atoms with Gasteiger partial charge in [-0.3, -0.25) is 9.69 Å². The van der Waals surface area contributed by atoms with Crippen molar-refractivity contribution < 1.29 is 18.0 Å². The maximum Gasteiger partial charge on any atom is 0.416 e. The maximum atomic E-state index is 12.4. The monoisotopic (exact) mass is 301 g/mol. The molecule has 1 aliphatic heterocycles. The van der Waals surface area contributed by atoms with Crippen LogP contribution in [0.1, 0.15) is 12.5 Å². The molecule has 0 radical (unpaired) electrons. The summed E-state index contributed by atoms with van der Waals surface area (Å²) in [6.07, 6.45) is -4.36. The van der Waals surface area contributed by atoms with E-state index in [0.29, 0.717) is 5.69 Å². The normalized spacial score (nSPS) is 20.3. The number of carbonyl (C=O) groups excluding carboxylic acids is 1. The molecule has 0 unspecified atom stereocenters. The summed E-state index contributed by atoms with van der Waals surface area (Å²) < 4.78 is 37.3. The zero-order valence-corrected chi connectivity index (χ0v) is 11.7. The van der Waals surface area contributed by atoms with Crippen molar-refractivity contribution in [1.82, 2.24) is 10.2 Å². The van der Waals surface area contributed by atoms with Gasteiger partial charge in [0.25, 0.3) is 0 Å². The van der Waals surface area contributed by atoms with E-state index in [1.807, 2.05) is 11.8 Å². The molecule has 1 fully saturated rings. The van der Waals surface area contributed by atoms with E-state index in [1.165, 1.54) is 12.1 Å². The topological polar surface area (TPSA) is 44.4 Å². The van der Waals surface area contributed by atoms with Gasteiger partial charge in [-0.2, -0.15) is 13.2 Å². The van der Waals surface area contributed by atoms with Crippen molar-refractivity contribution in [3.63, 3.8) is 0 Å². The summed E-state index contributed by atoms with van der Waals surface area (Å²) in [5.74, 6) is -0.219. The highest BCUT2D eigenvalue weighted by molar-refractivity contribution is 5.92. The Balaban J connectivity index is 1.90. The van der Waals surface area contributed by atoms with Crippen molar-refractivity contribution in [3.05, 3.63) is 29.8 Å². The van der Waals surface area contributed by atoms with Crippen LogP contribution in [0.4, 0.5) is 18.9 Å². The number of rotatable bonds is 3. The van der Waals surface area contributed by atoms with Gasteiger partial charge in [0.1, 0.15) is 0 Å². The predicted molar refractivity (Wildman–Crippen MR) is 74.0 cm³/mol. The fraction of sp³-hybridized carbons (Fsp3) is 0.500. The number of benzene rings is 1. The van der Waals surface area contributed by atoms with Crippen molar-refractivity contribution in [2.75, 3.05) is 31.5 Å². The molecule has 0 saturated carbocycles. The summed E-state index contributed by atoms with van der Waals surface area (Å²) in [6, 6.07) is 4.72. The molecule has 1 heterocycles. The van der Waals surface area contributed by atoms with E-state index in [2.05, 4.69) is 10.6 Å². The third-order valence-electron chi connectivity index (χ3n) is 3.48. The van der Waals surface area contributed by atoms with E-state index in [1.54, 1.807) is 0 Å². The average Bonchev–Trinajstić information content (AvgIpc) is 2.41. The number of piperazine rings is 1. The summed E-state index contributed by atoms with van der Waals surface area (Å²) in [4.78, 5) is 14.0. The Hall–Kier alpha value is -1.60. The van der Waals surface area contributed by atoms with Gasteiger partial charge in [-0.15, -0.1) is 0 Å². The van der Waals surface area contributed by atoms with Crippen LogP contribution in [0.2, 0.25) is 0 Å². The van der Waals surface area contributed by atoms with Crippen molar-refractivity contribution in [2.45, 2.75) is 19.1 Å². The van der Waals surface area contributed by atoms with Crippen LogP contribution in [0.3, 0.4) is 0 Å². The Morgan fingerprint density at radius 3 is 2.62 bits per heavy atom. The maximum absolute atomic E-state index is 12.4. The first-order valence-electron chi connectivity index (χ1n) is 6.78. The quantitative estimate of drug-likeness (QED) is 0.897. The highest BCUT2D eigenvalue weighted by atomic mass is 19.4. The van der Waals surface area contributed by atoms with E-state index in [0.717, 1.165) is 31.8 Å². The van der Waals surface area contributed by atoms with Crippen LogP contribution in [0.15, 0.2) is 24.3 Å². The van der Waals surface area contributed by atoms with Gasteiger partial charge in [-0.05, 0) is 31.2 Å². The molecule has 1 amide bonds. The van der Waals surface area contributed by atoms with Crippen LogP contribution >= 0.6 is 0 Å². The second-order valence-corrected chi connectivity index (χ2v) is 5.15. The second-order valence-electron chi connectivity index (χ2n) is 5.15. The number of hydrogen-bond donors (Lipinski definition) is 2. The zero-order chi connectivity index (χ0) is 15.5. The Morgan fingerprint density at radius 2 is 2.05 bits per heavy atom. The molecule has 7 heteroatoms. The molecule has 0 aliphatic carbocycles. The fourth-order valence-corrected chi connectivity index (χ4v) is 2.25. The first-order valence-corrected chi connectivity index (χ1v) is 6.78. The van der Waals surface area contributed by atoms with E-state index in [4.69, 9.17) is 0 Å². The number of halogens is 3. The van der Waals surface area contributed by atoms with E-state index in [9.17, 15) is 18.0 Å². The number of amides is 1. The standard InChI is InChI=1S/C14H18F3N3O/c1-10-8-18-6-7-20(10)9-13(21)19-12-4-2-11(3-5-12)14(15,16)17/h2-5,10,18H,6-9H2,1H3,(H,19,21)/t10-/m1/s1. The zero-order valence-electron chi connectivity index (χ0n) is 11.7. The summed E-state index contributed by atoms with van der Waals surface area (Å²) in [7, 11) is 0. The first-order chi connectivity index (χ1) is 9.86. The van der Waals surface area contributed by atoms with Gasteiger partial charge in [-0.25, -0.2) is 0 Å². The molecule has 1 saturated heterocycles. The minimum atomic E-state index is -4.36. The van der Waals surface area contributed by atoms with Gasteiger partial charge in [0, 0.05) is 31.4 Å². The lowest BCUT2D eigenvalue weighted by Crippen LogP contribution is -2.51. The molecule has 4 nitrogen and oxygen atoms in total. The number of carbonyl (C=O) groups is 1. The molecular formula is C14H18F3N3O. The summed E-state index contributed by atoms with van der Waals surface area (Å²) in [6.45, 7) is 4.70. The molecule has 1 aromatic rings. The van der Waals surface area contributed by atoms with Crippen LogP contribution in [-0.2, 0) is 11.0 Å². The summed E-state index contributed by atoms with van der Waals surface area (Å²) in [5, 5.41) is 5.85. The lowest BCUT2D eigenvalue weighted by atomic mass is 10.2. The highest BCUT2D eigenvalue weighted by Crippen LogP contribution is 2.29. The summed E-state index contributed by atoms with van der Waals surface area (Å²) in [5.41, 5.74) is -0.355. The molecule has 1 atom stereocenters. The molecule has 0 bridgehead atoms. The Labute approximate surface area is 121 Å². The Bertz CT molecular complexity index is 487. The number of alkyl halides is 3. The third kappa shape index (κ3) is 4.44. The number of nitrogens with one attached hydrogen (secondary N) is 2. The molecular weight excluding hydrogens is 283 g/mol. The fourth-order valence-electron chi connectivity index (χ4n) is 2.25. The van der Waals surface area contributed by atoms with Crippen LogP contribution in [0.25, 0.3) is 0 Å². The molecule has 0 spiro atoms. The lowest BCUT2D eigenvalue weighted by molar-refractivity contribution is -0.137. The van der Waals surface area contributed by atoms with Gasteiger partial charge in [0.05, 0.1) is 12.1 Å². The predicted octanol–water partition coefficient (Wildman–Crippen LogP) is 1.94. The SMILES string of the molecule is C[C@@H]1CNCCN1CC(=O)Nc1ccc(C(F)(F)F)cc1. The minimum Gasteiger partial charge on any atom is -0.325 e. The largest absolute Gasteiger partial charge is 0.416 e. The van der Waals surface area contributed by atoms with Gasteiger partial charge in [-0.1, -0.05) is 0 Å². The van der Waals surface area contributed by atoms with Crippen molar-refractivity contribution in [1.29, 1.82) is 0 Å². The molecule has 2 N–H and O–H groups in total.